The number of aromatic nitrogens is 3. The Labute approximate surface area is 230 Å². The lowest BCUT2D eigenvalue weighted by atomic mass is 9.94. The summed E-state index contributed by atoms with van der Waals surface area (Å²) in [5.74, 6) is -4.50. The number of halogens is 4. The lowest BCUT2D eigenvalue weighted by molar-refractivity contribution is -0.152. The van der Waals surface area contributed by atoms with E-state index in [4.69, 9.17) is 4.74 Å². The number of carbonyl (C=O) groups excluding carboxylic acids is 4. The molecular formula is C24H26F4N6O7. The smallest absolute Gasteiger partial charge is 0.345 e. The molecule has 2 heterocycles. The van der Waals surface area contributed by atoms with Crippen molar-refractivity contribution in [2.45, 2.75) is 50.3 Å². The third kappa shape index (κ3) is 9.80. The molecule has 0 aliphatic carbocycles. The van der Waals surface area contributed by atoms with Crippen LogP contribution in [0.3, 0.4) is 0 Å². The number of hydrogen-bond donors (Lipinski definition) is 3. The van der Waals surface area contributed by atoms with E-state index in [0.29, 0.717) is 5.56 Å². The fourth-order valence-electron chi connectivity index (χ4n) is 3.50. The number of nitrogens with one attached hydrogen (secondary N) is 3. The van der Waals surface area contributed by atoms with E-state index in [1.165, 1.54) is 6.92 Å². The van der Waals surface area contributed by atoms with Gasteiger partial charge in [-0.15, -0.1) is 5.10 Å². The van der Waals surface area contributed by atoms with Crippen LogP contribution in [0, 0.1) is 0 Å². The van der Waals surface area contributed by atoms with Crippen molar-refractivity contribution in [1.82, 2.24) is 31.1 Å². The van der Waals surface area contributed by atoms with Crippen molar-refractivity contribution in [2.24, 2.45) is 0 Å². The molecule has 222 valence electrons. The lowest BCUT2D eigenvalue weighted by Gasteiger charge is -2.25. The Hall–Kier alpha value is -4.09. The summed E-state index contributed by atoms with van der Waals surface area (Å²) < 4.78 is 64.6. The number of alkyl halides is 4. The van der Waals surface area contributed by atoms with Gasteiger partial charge in [0.15, 0.2) is 5.78 Å². The Morgan fingerprint density at radius 3 is 1.98 bits per heavy atom. The standard InChI is InChI=1S/C24H26F4N6O7/c1-24(12-41-24)17(35)14(9-13-5-3-2-4-6-13)31-19(36)15(10-39-22(25)26)32-20(37)16(11-40-23(27)28)33-21(38)18-29-7-8-30-34-18/h2-8,14-16,22-23H,9-12H2,1H3,(H,31,36)(H,32,37)(H,33,38)/t14-,15-,16-,24+/m0/s1. The van der Waals surface area contributed by atoms with Crippen molar-refractivity contribution < 1.29 is 51.0 Å². The van der Waals surface area contributed by atoms with E-state index in [1.807, 2.05) is 0 Å². The summed E-state index contributed by atoms with van der Waals surface area (Å²) in [4.78, 5) is 55.2. The highest BCUT2D eigenvalue weighted by Gasteiger charge is 2.50. The topological polar surface area (TPSA) is 174 Å². The second-order valence-corrected chi connectivity index (χ2v) is 8.88. The van der Waals surface area contributed by atoms with Gasteiger partial charge in [-0.3, -0.25) is 19.2 Å². The van der Waals surface area contributed by atoms with Gasteiger partial charge in [0, 0.05) is 6.20 Å². The van der Waals surface area contributed by atoms with Gasteiger partial charge < -0.3 is 30.2 Å². The number of ketones is 1. The first-order valence-corrected chi connectivity index (χ1v) is 12.1. The molecule has 1 aromatic heterocycles. The summed E-state index contributed by atoms with van der Waals surface area (Å²) in [5.41, 5.74) is -0.509. The number of nitrogens with zero attached hydrogens (tertiary/aromatic N) is 3. The van der Waals surface area contributed by atoms with Crippen LogP contribution in [-0.2, 0) is 35.0 Å². The molecule has 1 saturated heterocycles. The van der Waals surface area contributed by atoms with E-state index in [1.54, 1.807) is 30.3 Å². The quantitative estimate of drug-likeness (QED) is 0.180. The molecule has 0 radical (unpaired) electrons. The van der Waals surface area contributed by atoms with E-state index in [-0.39, 0.29) is 13.0 Å². The molecule has 1 aliphatic heterocycles. The van der Waals surface area contributed by atoms with Crippen molar-refractivity contribution in [2.75, 3.05) is 19.8 Å². The predicted octanol–water partition coefficient (Wildman–Crippen LogP) is 0.0187. The van der Waals surface area contributed by atoms with Crippen LogP contribution >= 0.6 is 0 Å². The third-order valence-electron chi connectivity index (χ3n) is 5.73. The molecule has 3 N–H and O–H groups in total. The molecule has 1 aromatic carbocycles. The molecule has 13 nitrogen and oxygen atoms in total. The van der Waals surface area contributed by atoms with Crippen LogP contribution in [0.1, 0.15) is 23.1 Å². The maximum atomic E-state index is 13.2. The van der Waals surface area contributed by atoms with Crippen molar-refractivity contribution in [3.8, 4) is 0 Å². The summed E-state index contributed by atoms with van der Waals surface area (Å²) in [6.45, 7) is -7.21. The van der Waals surface area contributed by atoms with E-state index in [2.05, 4.69) is 40.6 Å². The average Bonchev–Trinajstić information content (AvgIpc) is 3.71. The number of benzene rings is 1. The normalized spacial score (nSPS) is 18.3. The van der Waals surface area contributed by atoms with Crippen molar-refractivity contribution in [1.29, 1.82) is 0 Å². The third-order valence-corrected chi connectivity index (χ3v) is 5.73. The van der Waals surface area contributed by atoms with E-state index in [9.17, 15) is 36.7 Å². The van der Waals surface area contributed by atoms with Gasteiger partial charge in [-0.2, -0.15) is 22.7 Å². The van der Waals surface area contributed by atoms with Crippen LogP contribution in [0.25, 0.3) is 0 Å². The van der Waals surface area contributed by atoms with Crippen molar-refractivity contribution in [3.63, 3.8) is 0 Å². The summed E-state index contributed by atoms with van der Waals surface area (Å²) in [5, 5.41) is 13.4. The minimum Gasteiger partial charge on any atom is -0.361 e. The molecule has 0 bridgehead atoms. The number of ether oxygens (including phenoxy) is 3. The summed E-state index contributed by atoms with van der Waals surface area (Å²) in [6, 6.07) is 3.65. The molecule has 1 fully saturated rings. The van der Waals surface area contributed by atoms with Gasteiger partial charge in [-0.1, -0.05) is 30.3 Å². The molecule has 0 spiro atoms. The zero-order valence-electron chi connectivity index (χ0n) is 21.5. The van der Waals surface area contributed by atoms with Gasteiger partial charge in [0.1, 0.15) is 17.7 Å². The van der Waals surface area contributed by atoms with E-state index < -0.39 is 79.5 Å². The Kier molecular flexibility index (Phi) is 11.1. The van der Waals surface area contributed by atoms with Gasteiger partial charge in [-0.05, 0) is 18.9 Å². The maximum absolute atomic E-state index is 13.2. The Morgan fingerprint density at radius 2 is 1.46 bits per heavy atom. The van der Waals surface area contributed by atoms with Crippen LogP contribution in [-0.4, -0.2) is 95.5 Å². The number of rotatable bonds is 16. The highest BCUT2D eigenvalue weighted by molar-refractivity contribution is 5.99. The largest absolute Gasteiger partial charge is 0.361 e. The zero-order chi connectivity index (χ0) is 30.0. The van der Waals surface area contributed by atoms with Crippen molar-refractivity contribution >= 4 is 23.5 Å². The first-order valence-electron chi connectivity index (χ1n) is 12.1. The van der Waals surface area contributed by atoms with Gasteiger partial charge in [-0.25, -0.2) is 4.98 Å². The molecule has 0 saturated carbocycles. The SMILES string of the molecule is C[C@]1(C(=O)[C@H](Cc2ccccc2)NC(=O)[C@H](COC(F)F)NC(=O)[C@H](COC(F)F)NC(=O)c2nccnn2)CO1. The first-order chi connectivity index (χ1) is 19.5. The van der Waals surface area contributed by atoms with Gasteiger partial charge in [0.25, 0.3) is 5.91 Å². The molecule has 17 heteroatoms. The molecule has 0 unspecified atom stereocenters. The minimum atomic E-state index is -3.34. The molecule has 3 amide bonds. The fraction of sp³-hybridized carbons (Fsp3) is 0.458. The molecule has 4 atom stereocenters. The van der Waals surface area contributed by atoms with Gasteiger partial charge >= 0.3 is 13.2 Å². The monoisotopic (exact) mass is 586 g/mol. The Morgan fingerprint density at radius 1 is 0.902 bits per heavy atom. The number of Topliss-reactive ketones (excluding diaryl/α,β-unsaturated/α-hetero) is 1. The van der Waals surface area contributed by atoms with E-state index >= 15 is 0 Å². The Balaban J connectivity index is 1.77. The highest BCUT2D eigenvalue weighted by atomic mass is 19.3. The number of amides is 3. The molecular weight excluding hydrogens is 560 g/mol. The average molecular weight is 586 g/mol. The van der Waals surface area contributed by atoms with Crippen LogP contribution in [0.2, 0.25) is 0 Å². The fourth-order valence-corrected chi connectivity index (χ4v) is 3.50. The number of hydrogen-bond acceptors (Lipinski definition) is 10. The van der Waals surface area contributed by atoms with Gasteiger partial charge in [0.05, 0.1) is 32.1 Å². The zero-order valence-corrected chi connectivity index (χ0v) is 21.5. The predicted molar refractivity (Wildman–Crippen MR) is 128 cm³/mol. The van der Waals surface area contributed by atoms with Crippen LogP contribution < -0.4 is 16.0 Å². The molecule has 2 aromatic rings. The highest BCUT2D eigenvalue weighted by Crippen LogP contribution is 2.29. The molecule has 3 rings (SSSR count). The maximum Gasteiger partial charge on any atom is 0.345 e. The van der Waals surface area contributed by atoms with E-state index in [0.717, 1.165) is 12.4 Å². The second-order valence-electron chi connectivity index (χ2n) is 8.88. The van der Waals surface area contributed by atoms with Crippen LogP contribution in [0.5, 0.6) is 0 Å². The summed E-state index contributed by atoms with van der Waals surface area (Å²) in [6.07, 6.45) is 2.26. The number of epoxide rings is 1. The second kappa shape index (κ2) is 14.5. The van der Waals surface area contributed by atoms with Crippen LogP contribution in [0.15, 0.2) is 42.7 Å². The van der Waals surface area contributed by atoms with Gasteiger partial charge in [0.2, 0.25) is 17.6 Å². The lowest BCUT2D eigenvalue weighted by Crippen LogP contribution is -2.59. The molecule has 1 aliphatic rings. The summed E-state index contributed by atoms with van der Waals surface area (Å²) >= 11 is 0. The summed E-state index contributed by atoms with van der Waals surface area (Å²) in [7, 11) is 0. The molecule has 41 heavy (non-hydrogen) atoms. The minimum absolute atomic E-state index is 0.00670. The number of carbonyl (C=O) groups is 4. The van der Waals surface area contributed by atoms with Crippen LogP contribution in [0.4, 0.5) is 17.6 Å². The Bertz CT molecular complexity index is 1190. The first kappa shape index (κ1) is 31.4. The van der Waals surface area contributed by atoms with Crippen molar-refractivity contribution in [3.05, 3.63) is 54.1 Å².